The summed E-state index contributed by atoms with van der Waals surface area (Å²) < 4.78 is 34.1. The summed E-state index contributed by atoms with van der Waals surface area (Å²) in [5, 5.41) is 40.9. The fourth-order valence-corrected chi connectivity index (χ4v) is 6.25. The van der Waals surface area contributed by atoms with Gasteiger partial charge in [0, 0.05) is 37.1 Å². The van der Waals surface area contributed by atoms with E-state index in [9.17, 15) is 33.6 Å². The number of aliphatic hydroxyl groups is 4. The number of sulfonamides is 1. The van der Waals surface area contributed by atoms with Crippen LogP contribution >= 0.6 is 0 Å². The largest absolute Gasteiger partial charge is 0.468 e. The maximum Gasteiger partial charge on any atom is 0.323 e. The highest BCUT2D eigenvalue weighted by atomic mass is 32.2. The van der Waals surface area contributed by atoms with Crippen molar-refractivity contribution in [2.24, 2.45) is 0 Å². The van der Waals surface area contributed by atoms with E-state index in [1.54, 1.807) is 23.1 Å². The van der Waals surface area contributed by atoms with Crippen molar-refractivity contribution in [2.75, 3.05) is 45.8 Å². The van der Waals surface area contributed by atoms with Crippen LogP contribution in [0, 0.1) is 0 Å². The average molecular weight is 540 g/mol. The Bertz CT molecular complexity index is 1180. The number of carbonyl (C=O) groups excluding carboxylic acids is 1. The standard InChI is InChI=1S/C25H37N3O8S/c1-27(2)19-11-6-9-17-16(19)8-7-12-22(17)37(34,35)26-18(25(33)36-3)10-4-5-13-28-14-21(30)24(32)23(31)20(28)15-29/h6-9,11-12,18,20-21,23-24,26,29-32H,4-5,10,13-15H2,1-3H3/t18-,20+,21-,23+,24+/m0/s1. The molecular formula is C25H37N3O8S. The molecule has 0 amide bonds. The Hall–Kier alpha value is -2.32. The van der Waals surface area contributed by atoms with E-state index in [4.69, 9.17) is 4.74 Å². The molecule has 1 aliphatic heterocycles. The molecule has 0 spiro atoms. The van der Waals surface area contributed by atoms with E-state index in [-0.39, 0.29) is 17.9 Å². The van der Waals surface area contributed by atoms with Crippen LogP contribution in [0.1, 0.15) is 19.3 Å². The topological polar surface area (TPSA) is 160 Å². The van der Waals surface area contributed by atoms with Gasteiger partial charge in [-0.3, -0.25) is 9.69 Å². The molecule has 0 saturated carbocycles. The number of piperidine rings is 1. The van der Waals surface area contributed by atoms with E-state index >= 15 is 0 Å². The summed E-state index contributed by atoms with van der Waals surface area (Å²) in [6, 6.07) is 8.55. The molecule has 0 aromatic heterocycles. The number of nitrogens with zero attached hydrogens (tertiary/aromatic N) is 2. The molecule has 1 saturated heterocycles. The average Bonchev–Trinajstić information content (AvgIpc) is 2.87. The maximum atomic E-state index is 13.4. The molecule has 206 valence electrons. The van der Waals surface area contributed by atoms with Gasteiger partial charge in [-0.05, 0) is 37.9 Å². The summed E-state index contributed by atoms with van der Waals surface area (Å²) in [6.07, 6.45) is -2.72. The van der Waals surface area contributed by atoms with Crippen molar-refractivity contribution in [3.8, 4) is 0 Å². The smallest absolute Gasteiger partial charge is 0.323 e. The molecule has 0 radical (unpaired) electrons. The number of hydrogen-bond acceptors (Lipinski definition) is 10. The highest BCUT2D eigenvalue weighted by Gasteiger charge is 2.40. The molecule has 2 aromatic rings. The van der Waals surface area contributed by atoms with Crippen LogP contribution in [0.2, 0.25) is 0 Å². The lowest BCUT2D eigenvalue weighted by atomic mass is 9.94. The van der Waals surface area contributed by atoms with E-state index in [1.807, 2.05) is 31.1 Å². The number of fused-ring (bicyclic) bond motifs is 1. The number of aliphatic hydroxyl groups excluding tert-OH is 4. The lowest BCUT2D eigenvalue weighted by molar-refractivity contribution is -0.145. The fraction of sp³-hybridized carbons (Fsp3) is 0.560. The number of nitrogens with one attached hydrogen (secondary N) is 1. The fourth-order valence-electron chi connectivity index (χ4n) is 4.81. The van der Waals surface area contributed by atoms with Gasteiger partial charge in [-0.2, -0.15) is 4.72 Å². The van der Waals surface area contributed by atoms with E-state index < -0.39 is 53.0 Å². The SMILES string of the molecule is COC(=O)[C@H](CCCCN1C[C@H](O)[C@@H](O)[C@H](O)[C@H]1CO)NS(=O)(=O)c1cccc2c(N(C)C)cccc12. The first-order chi connectivity index (χ1) is 17.5. The predicted molar refractivity (Wildman–Crippen MR) is 139 cm³/mol. The molecular weight excluding hydrogens is 502 g/mol. The zero-order valence-corrected chi connectivity index (χ0v) is 22.1. The van der Waals surface area contributed by atoms with Gasteiger partial charge in [0.15, 0.2) is 0 Å². The van der Waals surface area contributed by atoms with Gasteiger partial charge >= 0.3 is 5.97 Å². The van der Waals surface area contributed by atoms with Crippen molar-refractivity contribution in [3.05, 3.63) is 36.4 Å². The summed E-state index contributed by atoms with van der Waals surface area (Å²) in [5.41, 5.74) is 0.862. The zero-order chi connectivity index (χ0) is 27.3. The van der Waals surface area contributed by atoms with Crippen molar-refractivity contribution < 1.29 is 38.4 Å². The van der Waals surface area contributed by atoms with Gasteiger partial charge in [0.05, 0.1) is 30.8 Å². The van der Waals surface area contributed by atoms with Crippen LogP contribution in [0.5, 0.6) is 0 Å². The molecule has 5 atom stereocenters. The molecule has 0 aliphatic carbocycles. The summed E-state index contributed by atoms with van der Waals surface area (Å²) in [5.74, 6) is -0.710. The molecule has 2 aromatic carbocycles. The third-order valence-electron chi connectivity index (χ3n) is 6.82. The highest BCUT2D eigenvalue weighted by molar-refractivity contribution is 7.89. The van der Waals surface area contributed by atoms with Gasteiger partial charge in [-0.15, -0.1) is 0 Å². The number of benzene rings is 2. The second-order valence-electron chi connectivity index (χ2n) is 9.51. The van der Waals surface area contributed by atoms with Crippen molar-refractivity contribution in [1.29, 1.82) is 0 Å². The van der Waals surface area contributed by atoms with Gasteiger partial charge in [0.1, 0.15) is 18.2 Å². The molecule has 3 rings (SSSR count). The Morgan fingerprint density at radius 3 is 2.43 bits per heavy atom. The van der Waals surface area contributed by atoms with Crippen LogP contribution in [0.25, 0.3) is 10.8 Å². The van der Waals surface area contributed by atoms with Crippen molar-refractivity contribution >= 4 is 32.5 Å². The normalized spacial score (nSPS) is 23.6. The third-order valence-corrected chi connectivity index (χ3v) is 8.35. The second-order valence-corrected chi connectivity index (χ2v) is 11.2. The van der Waals surface area contributed by atoms with E-state index in [2.05, 4.69) is 4.72 Å². The van der Waals surface area contributed by atoms with Crippen LogP contribution in [0.3, 0.4) is 0 Å². The van der Waals surface area contributed by atoms with Gasteiger partial charge in [-0.1, -0.05) is 24.3 Å². The minimum atomic E-state index is -4.08. The molecule has 1 fully saturated rings. The number of ether oxygens (including phenoxy) is 1. The van der Waals surface area contributed by atoms with Crippen LogP contribution in [-0.2, 0) is 19.6 Å². The van der Waals surface area contributed by atoms with Gasteiger partial charge in [-0.25, -0.2) is 8.42 Å². The molecule has 11 nitrogen and oxygen atoms in total. The number of methoxy groups -OCH3 is 1. The summed E-state index contributed by atoms with van der Waals surface area (Å²) in [4.78, 5) is 16.1. The quantitative estimate of drug-likeness (QED) is 0.189. The molecule has 1 aliphatic rings. The highest BCUT2D eigenvalue weighted by Crippen LogP contribution is 2.30. The van der Waals surface area contributed by atoms with Crippen molar-refractivity contribution in [1.82, 2.24) is 9.62 Å². The number of hydrogen-bond donors (Lipinski definition) is 5. The van der Waals surface area contributed by atoms with Gasteiger partial charge in [0.2, 0.25) is 10.0 Å². The van der Waals surface area contributed by atoms with Crippen LogP contribution in [-0.4, -0.2) is 111 Å². The Morgan fingerprint density at radius 1 is 1.11 bits per heavy atom. The Morgan fingerprint density at radius 2 is 1.78 bits per heavy atom. The molecule has 37 heavy (non-hydrogen) atoms. The first-order valence-corrected chi connectivity index (χ1v) is 13.7. The molecule has 0 bridgehead atoms. The lowest BCUT2D eigenvalue weighted by Crippen LogP contribution is -2.62. The van der Waals surface area contributed by atoms with Crippen LogP contribution < -0.4 is 9.62 Å². The van der Waals surface area contributed by atoms with Gasteiger partial charge < -0.3 is 30.1 Å². The second kappa shape index (κ2) is 12.5. The number of anilines is 1. The zero-order valence-electron chi connectivity index (χ0n) is 21.3. The number of β-amino-alcohol motifs (C(OH)–C–C–N with tert-alkyl or cyclic N) is 1. The van der Waals surface area contributed by atoms with Gasteiger partial charge in [0.25, 0.3) is 0 Å². The monoisotopic (exact) mass is 539 g/mol. The van der Waals surface area contributed by atoms with Crippen molar-refractivity contribution in [2.45, 2.75) is 54.6 Å². The van der Waals surface area contributed by atoms with E-state index in [0.29, 0.717) is 24.8 Å². The minimum absolute atomic E-state index is 0.0586. The lowest BCUT2D eigenvalue weighted by Gasteiger charge is -2.43. The predicted octanol–water partition coefficient (Wildman–Crippen LogP) is -0.345. The van der Waals surface area contributed by atoms with E-state index in [1.165, 1.54) is 13.2 Å². The number of carbonyl (C=O) groups is 1. The first kappa shape index (κ1) is 29.2. The van der Waals surface area contributed by atoms with Crippen LogP contribution in [0.4, 0.5) is 5.69 Å². The molecule has 1 heterocycles. The Kier molecular flexibility index (Phi) is 9.86. The summed E-state index contributed by atoms with van der Waals surface area (Å²) >= 11 is 0. The summed E-state index contributed by atoms with van der Waals surface area (Å²) in [6.45, 7) is 0.0476. The first-order valence-electron chi connectivity index (χ1n) is 12.2. The molecule has 12 heteroatoms. The number of unbranched alkanes of at least 4 members (excludes halogenated alkanes) is 1. The van der Waals surface area contributed by atoms with Crippen molar-refractivity contribution in [3.63, 3.8) is 0 Å². The van der Waals surface area contributed by atoms with Crippen LogP contribution in [0.15, 0.2) is 41.3 Å². The Labute approximate surface area is 217 Å². The Balaban J connectivity index is 1.71. The minimum Gasteiger partial charge on any atom is -0.468 e. The molecule has 0 unspecified atom stereocenters. The number of rotatable bonds is 11. The number of esters is 1. The molecule has 5 N–H and O–H groups in total. The third kappa shape index (κ3) is 6.58. The summed E-state index contributed by atoms with van der Waals surface area (Å²) in [7, 11) is 0.857. The number of likely N-dealkylation sites (tertiary alicyclic amines) is 1. The van der Waals surface area contributed by atoms with E-state index in [0.717, 1.165) is 11.1 Å². The maximum absolute atomic E-state index is 13.4.